The molecule has 152 valence electrons. The Hall–Kier alpha value is -1.60. The van der Waals surface area contributed by atoms with Crippen molar-refractivity contribution in [3.63, 3.8) is 0 Å². The third-order valence-electron chi connectivity index (χ3n) is 5.35. The van der Waals surface area contributed by atoms with Gasteiger partial charge in [0, 0.05) is 46.0 Å². The molecule has 0 amide bonds. The summed E-state index contributed by atoms with van der Waals surface area (Å²) in [6, 6.07) is 0. The summed E-state index contributed by atoms with van der Waals surface area (Å²) in [6.07, 6.45) is 11.4. The van der Waals surface area contributed by atoms with E-state index in [1.807, 2.05) is 17.9 Å². The fourth-order valence-electron chi connectivity index (χ4n) is 3.78. The topological polar surface area (TPSA) is 63.9 Å². The second-order valence-corrected chi connectivity index (χ2v) is 7.62. The Labute approximate surface area is 163 Å². The van der Waals surface area contributed by atoms with E-state index in [0.29, 0.717) is 12.2 Å². The van der Waals surface area contributed by atoms with Gasteiger partial charge in [0.15, 0.2) is 5.96 Å². The van der Waals surface area contributed by atoms with Crippen molar-refractivity contribution < 1.29 is 9.47 Å². The average molecular weight is 378 g/mol. The van der Waals surface area contributed by atoms with Gasteiger partial charge in [0.25, 0.3) is 0 Å². The Balaban J connectivity index is 1.30. The second kappa shape index (κ2) is 10.7. The molecule has 0 bridgehead atoms. The van der Waals surface area contributed by atoms with Crippen molar-refractivity contribution in [3.05, 3.63) is 18.0 Å². The number of piperidine rings is 1. The fourth-order valence-corrected chi connectivity index (χ4v) is 3.78. The number of aromatic nitrogens is 2. The molecule has 0 saturated carbocycles. The summed E-state index contributed by atoms with van der Waals surface area (Å²) in [7, 11) is 1.86. The average Bonchev–Trinajstić information content (AvgIpc) is 3.13. The maximum Gasteiger partial charge on any atom is 0.193 e. The predicted molar refractivity (Wildman–Crippen MR) is 107 cm³/mol. The van der Waals surface area contributed by atoms with Gasteiger partial charge in [0.05, 0.1) is 25.0 Å². The summed E-state index contributed by atoms with van der Waals surface area (Å²) in [5, 5.41) is 7.82. The molecule has 1 atom stereocenters. The fraction of sp³-hybridized carbons (Fsp3) is 0.800. The number of nitrogens with one attached hydrogen (secondary N) is 1. The van der Waals surface area contributed by atoms with Gasteiger partial charge in [-0.25, -0.2) is 0 Å². The van der Waals surface area contributed by atoms with Gasteiger partial charge < -0.3 is 19.7 Å². The summed E-state index contributed by atoms with van der Waals surface area (Å²) in [6.45, 7) is 7.54. The lowest BCUT2D eigenvalue weighted by Gasteiger charge is -2.35. The number of guanidine groups is 1. The molecule has 0 spiro atoms. The van der Waals surface area contributed by atoms with Crippen molar-refractivity contribution in [1.82, 2.24) is 20.0 Å². The van der Waals surface area contributed by atoms with Crippen molar-refractivity contribution in [2.45, 2.75) is 64.2 Å². The lowest BCUT2D eigenvalue weighted by atomic mass is 10.1. The first-order chi connectivity index (χ1) is 13.2. The minimum atomic E-state index is 0.310. The molecule has 0 aliphatic carbocycles. The van der Waals surface area contributed by atoms with Crippen LogP contribution in [-0.4, -0.2) is 72.7 Å². The van der Waals surface area contributed by atoms with Crippen LogP contribution in [-0.2, 0) is 16.0 Å². The van der Waals surface area contributed by atoms with Gasteiger partial charge in [0.2, 0.25) is 0 Å². The highest BCUT2D eigenvalue weighted by Gasteiger charge is 2.23. The number of nitrogens with zero attached hydrogens (tertiary/aromatic N) is 4. The molecule has 7 nitrogen and oxygen atoms in total. The first kappa shape index (κ1) is 20.1. The molecule has 1 aromatic heterocycles. The molecular weight excluding hydrogens is 342 g/mol. The van der Waals surface area contributed by atoms with E-state index in [0.717, 1.165) is 71.0 Å². The number of ether oxygens (including phenoxy) is 2. The molecule has 3 heterocycles. The van der Waals surface area contributed by atoms with Crippen LogP contribution < -0.4 is 5.32 Å². The minimum Gasteiger partial charge on any atom is -0.376 e. The zero-order chi connectivity index (χ0) is 18.9. The van der Waals surface area contributed by atoms with Gasteiger partial charge in [-0.05, 0) is 51.0 Å². The van der Waals surface area contributed by atoms with Crippen molar-refractivity contribution in [3.8, 4) is 0 Å². The Morgan fingerprint density at radius 3 is 2.85 bits per heavy atom. The van der Waals surface area contributed by atoms with Gasteiger partial charge >= 0.3 is 0 Å². The number of hydrogen-bond acceptors (Lipinski definition) is 4. The van der Waals surface area contributed by atoms with Gasteiger partial charge in [-0.3, -0.25) is 9.67 Å². The number of hydrogen-bond donors (Lipinski definition) is 1. The lowest BCUT2D eigenvalue weighted by Crippen LogP contribution is -2.47. The Kier molecular flexibility index (Phi) is 7.95. The van der Waals surface area contributed by atoms with Crippen LogP contribution >= 0.6 is 0 Å². The van der Waals surface area contributed by atoms with Gasteiger partial charge in [-0.15, -0.1) is 0 Å². The molecular formula is C20H35N5O2. The number of aliphatic imine (C=N–C) groups is 1. The quantitative estimate of drug-likeness (QED) is 0.448. The van der Waals surface area contributed by atoms with Gasteiger partial charge in [-0.1, -0.05) is 0 Å². The number of rotatable bonds is 7. The lowest BCUT2D eigenvalue weighted by molar-refractivity contribution is -0.0721. The Morgan fingerprint density at radius 1 is 1.33 bits per heavy atom. The SMILES string of the molecule is CN=C(NCCCn1cc(C)cn1)N1CCC(OCC2CCCCO2)CC1. The molecule has 7 heteroatoms. The van der Waals surface area contributed by atoms with E-state index in [1.54, 1.807) is 0 Å². The third kappa shape index (κ3) is 6.50. The van der Waals surface area contributed by atoms with Crippen molar-refractivity contribution in [2.24, 2.45) is 4.99 Å². The Morgan fingerprint density at radius 2 is 2.19 bits per heavy atom. The van der Waals surface area contributed by atoms with Crippen molar-refractivity contribution in [1.29, 1.82) is 0 Å². The van der Waals surface area contributed by atoms with E-state index in [2.05, 4.69) is 33.4 Å². The molecule has 1 unspecified atom stereocenters. The number of likely N-dealkylation sites (tertiary alicyclic amines) is 1. The molecule has 1 aromatic rings. The molecule has 1 N–H and O–H groups in total. The highest BCUT2D eigenvalue weighted by Crippen LogP contribution is 2.17. The summed E-state index contributed by atoms with van der Waals surface area (Å²) >= 11 is 0. The maximum absolute atomic E-state index is 6.11. The van der Waals surface area contributed by atoms with E-state index >= 15 is 0 Å². The molecule has 2 fully saturated rings. The van der Waals surface area contributed by atoms with E-state index in [4.69, 9.17) is 9.47 Å². The van der Waals surface area contributed by atoms with Gasteiger partial charge in [-0.2, -0.15) is 5.10 Å². The van der Waals surface area contributed by atoms with Crippen LogP contribution in [0.4, 0.5) is 0 Å². The normalized spacial score (nSPS) is 22.2. The molecule has 2 aliphatic rings. The molecule has 27 heavy (non-hydrogen) atoms. The molecule has 3 rings (SSSR count). The van der Waals surface area contributed by atoms with Crippen LogP contribution in [0.1, 0.15) is 44.1 Å². The maximum atomic E-state index is 6.11. The largest absolute Gasteiger partial charge is 0.376 e. The molecule has 0 radical (unpaired) electrons. The second-order valence-electron chi connectivity index (χ2n) is 7.62. The van der Waals surface area contributed by atoms with Crippen molar-refractivity contribution >= 4 is 5.96 Å². The molecule has 0 aromatic carbocycles. The Bertz CT molecular complexity index is 575. The smallest absolute Gasteiger partial charge is 0.193 e. The first-order valence-corrected chi connectivity index (χ1v) is 10.4. The molecule has 2 aliphatic heterocycles. The first-order valence-electron chi connectivity index (χ1n) is 10.4. The number of aryl methyl sites for hydroxylation is 2. The zero-order valence-electron chi connectivity index (χ0n) is 16.9. The van der Waals surface area contributed by atoms with E-state index in [-0.39, 0.29) is 0 Å². The zero-order valence-corrected chi connectivity index (χ0v) is 16.9. The van der Waals surface area contributed by atoms with E-state index in [1.165, 1.54) is 18.4 Å². The van der Waals surface area contributed by atoms with Crippen molar-refractivity contribution in [2.75, 3.05) is 39.9 Å². The summed E-state index contributed by atoms with van der Waals surface area (Å²) in [5.41, 5.74) is 1.21. The van der Waals surface area contributed by atoms with Crippen LogP contribution in [0.5, 0.6) is 0 Å². The van der Waals surface area contributed by atoms with Crippen LogP contribution in [0.3, 0.4) is 0 Å². The van der Waals surface area contributed by atoms with Crippen LogP contribution in [0.25, 0.3) is 0 Å². The summed E-state index contributed by atoms with van der Waals surface area (Å²) in [5.74, 6) is 1.00. The van der Waals surface area contributed by atoms with Crippen LogP contribution in [0.2, 0.25) is 0 Å². The third-order valence-corrected chi connectivity index (χ3v) is 5.35. The summed E-state index contributed by atoms with van der Waals surface area (Å²) < 4.78 is 13.9. The predicted octanol–water partition coefficient (Wildman–Crippen LogP) is 2.21. The monoisotopic (exact) mass is 377 g/mol. The highest BCUT2D eigenvalue weighted by molar-refractivity contribution is 5.79. The van der Waals surface area contributed by atoms with Gasteiger partial charge in [0.1, 0.15) is 0 Å². The molecule has 2 saturated heterocycles. The highest BCUT2D eigenvalue weighted by atomic mass is 16.5. The van der Waals surface area contributed by atoms with E-state index in [9.17, 15) is 0 Å². The van der Waals surface area contributed by atoms with Crippen LogP contribution in [0.15, 0.2) is 17.4 Å². The standard InChI is InChI=1S/C20H35N5O2/c1-17-14-23-25(15-17)10-5-9-22-20(21-2)24-11-7-18(8-12-24)27-16-19-6-3-4-13-26-19/h14-15,18-19H,3-13,16H2,1-2H3,(H,21,22). The van der Waals surface area contributed by atoms with Crippen LogP contribution in [0, 0.1) is 6.92 Å². The minimum absolute atomic E-state index is 0.310. The van der Waals surface area contributed by atoms with E-state index < -0.39 is 0 Å². The summed E-state index contributed by atoms with van der Waals surface area (Å²) in [4.78, 5) is 6.80.